The second kappa shape index (κ2) is 6.65. The molecule has 0 aliphatic carbocycles. The van der Waals surface area contributed by atoms with Crippen LogP contribution in [0.3, 0.4) is 0 Å². The first kappa shape index (κ1) is 13.2. The lowest BCUT2D eigenvalue weighted by Gasteiger charge is -2.22. The molecule has 0 aliphatic rings. The monoisotopic (exact) mass is 354 g/mol. The summed E-state index contributed by atoms with van der Waals surface area (Å²) < 4.78 is 1.03. The maximum absolute atomic E-state index is 5.59. The minimum Gasteiger partial charge on any atom is -0.330 e. The first-order chi connectivity index (χ1) is 8.81. The summed E-state index contributed by atoms with van der Waals surface area (Å²) in [5, 5.41) is 0. The van der Waals surface area contributed by atoms with Crippen LogP contribution in [0.2, 0.25) is 0 Å². The van der Waals surface area contributed by atoms with Crippen molar-refractivity contribution in [3.63, 3.8) is 0 Å². The van der Waals surface area contributed by atoms with Crippen molar-refractivity contribution in [1.82, 2.24) is 9.97 Å². The van der Waals surface area contributed by atoms with Gasteiger partial charge in [-0.3, -0.25) is 0 Å². The van der Waals surface area contributed by atoms with Crippen molar-refractivity contribution in [2.45, 2.75) is 6.42 Å². The van der Waals surface area contributed by atoms with Gasteiger partial charge < -0.3 is 10.6 Å². The van der Waals surface area contributed by atoms with Gasteiger partial charge in [-0.05, 0) is 47.7 Å². The molecule has 0 bridgehead atoms. The molecular weight excluding hydrogens is 339 g/mol. The van der Waals surface area contributed by atoms with E-state index in [0.717, 1.165) is 28.2 Å². The Labute approximate surface area is 120 Å². The van der Waals surface area contributed by atoms with E-state index in [1.54, 1.807) is 0 Å². The Balaban J connectivity index is 2.27. The molecule has 4 nitrogen and oxygen atoms in total. The predicted molar refractivity (Wildman–Crippen MR) is 81.9 cm³/mol. The van der Waals surface area contributed by atoms with E-state index in [1.165, 1.54) is 0 Å². The summed E-state index contributed by atoms with van der Waals surface area (Å²) in [4.78, 5) is 10.8. The van der Waals surface area contributed by atoms with E-state index in [4.69, 9.17) is 5.73 Å². The fourth-order valence-corrected chi connectivity index (χ4v) is 1.93. The highest BCUT2D eigenvalue weighted by molar-refractivity contribution is 14.1. The summed E-state index contributed by atoms with van der Waals surface area (Å²) in [6.45, 7) is 1.48. The fraction of sp³-hybridized carbons (Fsp3) is 0.231. The third kappa shape index (κ3) is 3.39. The average molecular weight is 354 g/mol. The van der Waals surface area contributed by atoms with Gasteiger partial charge in [-0.25, -0.2) is 9.97 Å². The van der Waals surface area contributed by atoms with Crippen molar-refractivity contribution in [2.24, 2.45) is 5.73 Å². The molecule has 0 spiro atoms. The first-order valence-corrected chi connectivity index (χ1v) is 6.89. The quantitative estimate of drug-likeness (QED) is 0.839. The average Bonchev–Trinajstić information content (AvgIpc) is 2.42. The molecule has 0 saturated carbocycles. The van der Waals surface area contributed by atoms with Gasteiger partial charge in [-0.1, -0.05) is 18.2 Å². The van der Waals surface area contributed by atoms with Gasteiger partial charge in [0.25, 0.3) is 0 Å². The van der Waals surface area contributed by atoms with E-state index in [0.29, 0.717) is 6.54 Å². The summed E-state index contributed by atoms with van der Waals surface area (Å²) in [6, 6.07) is 10.1. The van der Waals surface area contributed by atoms with E-state index < -0.39 is 0 Å². The second-order valence-electron chi connectivity index (χ2n) is 3.83. The zero-order valence-electron chi connectivity index (χ0n) is 9.96. The topological polar surface area (TPSA) is 55.0 Å². The van der Waals surface area contributed by atoms with Crippen LogP contribution >= 0.6 is 22.6 Å². The Morgan fingerprint density at radius 2 is 1.78 bits per heavy atom. The molecule has 1 aromatic heterocycles. The minimum atomic E-state index is 0.660. The summed E-state index contributed by atoms with van der Waals surface area (Å²) in [5.74, 6) is 0.718. The Kier molecular flexibility index (Phi) is 4.89. The highest BCUT2D eigenvalue weighted by Crippen LogP contribution is 2.21. The van der Waals surface area contributed by atoms with E-state index in [9.17, 15) is 0 Å². The van der Waals surface area contributed by atoms with Crippen molar-refractivity contribution in [3.05, 3.63) is 46.3 Å². The highest BCUT2D eigenvalue weighted by Gasteiger charge is 2.10. The molecule has 0 fully saturated rings. The summed E-state index contributed by atoms with van der Waals surface area (Å²) >= 11 is 2.20. The molecule has 2 rings (SSSR count). The van der Waals surface area contributed by atoms with E-state index >= 15 is 0 Å². The number of nitrogens with two attached hydrogens (primary N) is 1. The molecule has 2 aromatic rings. The summed E-state index contributed by atoms with van der Waals surface area (Å²) in [5.41, 5.74) is 6.68. The molecule has 0 radical (unpaired) electrons. The number of hydrogen-bond acceptors (Lipinski definition) is 4. The molecule has 94 valence electrons. The standard InChI is InChI=1S/C13H15IN4/c14-11-9-16-13(17-10-11)18(8-4-7-15)12-5-2-1-3-6-12/h1-3,5-6,9-10H,4,7-8,15H2. The molecule has 18 heavy (non-hydrogen) atoms. The molecule has 0 unspecified atom stereocenters. The summed E-state index contributed by atoms with van der Waals surface area (Å²) in [6.07, 6.45) is 4.55. The Morgan fingerprint density at radius 3 is 2.39 bits per heavy atom. The molecule has 0 saturated heterocycles. The van der Waals surface area contributed by atoms with Crippen molar-refractivity contribution in [3.8, 4) is 0 Å². The fourth-order valence-electron chi connectivity index (χ4n) is 1.65. The van der Waals surface area contributed by atoms with Crippen LogP contribution in [0.25, 0.3) is 0 Å². The van der Waals surface area contributed by atoms with Crippen molar-refractivity contribution in [2.75, 3.05) is 18.0 Å². The van der Waals surface area contributed by atoms with E-state index in [2.05, 4.69) is 49.6 Å². The van der Waals surface area contributed by atoms with Gasteiger partial charge in [0.15, 0.2) is 0 Å². The largest absolute Gasteiger partial charge is 0.330 e. The number of hydrogen-bond donors (Lipinski definition) is 1. The highest BCUT2D eigenvalue weighted by atomic mass is 127. The smallest absolute Gasteiger partial charge is 0.229 e. The van der Waals surface area contributed by atoms with Crippen LogP contribution in [0.15, 0.2) is 42.7 Å². The Hall–Kier alpha value is -1.21. The maximum atomic E-state index is 5.59. The second-order valence-corrected chi connectivity index (χ2v) is 5.08. The number of benzene rings is 1. The van der Waals surface area contributed by atoms with E-state index in [-0.39, 0.29) is 0 Å². The van der Waals surface area contributed by atoms with Gasteiger partial charge in [-0.2, -0.15) is 0 Å². The SMILES string of the molecule is NCCCN(c1ccccc1)c1ncc(I)cn1. The van der Waals surface area contributed by atoms with Crippen LogP contribution in [0.5, 0.6) is 0 Å². The maximum Gasteiger partial charge on any atom is 0.229 e. The molecule has 5 heteroatoms. The molecule has 1 heterocycles. The number of rotatable bonds is 5. The number of nitrogens with zero attached hydrogens (tertiary/aromatic N) is 3. The van der Waals surface area contributed by atoms with Gasteiger partial charge in [0, 0.05) is 28.2 Å². The lowest BCUT2D eigenvalue weighted by molar-refractivity contribution is 0.798. The Morgan fingerprint density at radius 1 is 1.11 bits per heavy atom. The van der Waals surface area contributed by atoms with Crippen molar-refractivity contribution >= 4 is 34.2 Å². The zero-order chi connectivity index (χ0) is 12.8. The zero-order valence-corrected chi connectivity index (χ0v) is 12.1. The van der Waals surface area contributed by atoms with Gasteiger partial charge >= 0.3 is 0 Å². The van der Waals surface area contributed by atoms with E-state index in [1.807, 2.05) is 30.6 Å². The molecule has 2 N–H and O–H groups in total. The van der Waals surface area contributed by atoms with Gasteiger partial charge in [0.05, 0.1) is 0 Å². The molecule has 0 atom stereocenters. The number of halogens is 1. The van der Waals surface area contributed by atoms with Crippen LogP contribution < -0.4 is 10.6 Å². The molecule has 1 aromatic carbocycles. The normalized spacial score (nSPS) is 10.3. The van der Waals surface area contributed by atoms with Gasteiger partial charge in [-0.15, -0.1) is 0 Å². The number of anilines is 2. The van der Waals surface area contributed by atoms with Gasteiger partial charge in [0.1, 0.15) is 0 Å². The lowest BCUT2D eigenvalue weighted by atomic mass is 10.3. The molecule has 0 amide bonds. The van der Waals surface area contributed by atoms with Gasteiger partial charge in [0.2, 0.25) is 5.95 Å². The summed E-state index contributed by atoms with van der Waals surface area (Å²) in [7, 11) is 0. The first-order valence-electron chi connectivity index (χ1n) is 5.81. The van der Waals surface area contributed by atoms with Crippen molar-refractivity contribution in [1.29, 1.82) is 0 Å². The predicted octanol–water partition coefficient (Wildman–Crippen LogP) is 2.57. The molecular formula is C13H15IN4. The van der Waals surface area contributed by atoms with Crippen LogP contribution in [0.1, 0.15) is 6.42 Å². The lowest BCUT2D eigenvalue weighted by Crippen LogP contribution is -2.22. The van der Waals surface area contributed by atoms with Crippen LogP contribution in [0.4, 0.5) is 11.6 Å². The van der Waals surface area contributed by atoms with Crippen LogP contribution in [-0.2, 0) is 0 Å². The number of para-hydroxylation sites is 1. The third-order valence-electron chi connectivity index (χ3n) is 2.50. The van der Waals surface area contributed by atoms with Crippen molar-refractivity contribution < 1.29 is 0 Å². The third-order valence-corrected chi connectivity index (χ3v) is 3.06. The minimum absolute atomic E-state index is 0.660. The van der Waals surface area contributed by atoms with Crippen LogP contribution in [-0.4, -0.2) is 23.1 Å². The Bertz CT molecular complexity index is 472. The molecule has 0 aliphatic heterocycles. The van der Waals surface area contributed by atoms with Crippen LogP contribution in [0, 0.1) is 3.57 Å². The number of aromatic nitrogens is 2.